The number of carboxylic acids is 1. The number of carbonyl (C=O) groups excluding carboxylic acids is 2. The van der Waals surface area contributed by atoms with Crippen molar-refractivity contribution in [1.29, 1.82) is 0 Å². The van der Waals surface area contributed by atoms with Crippen LogP contribution in [-0.2, 0) is 9.59 Å². The first kappa shape index (κ1) is 28.0. The van der Waals surface area contributed by atoms with Crippen LogP contribution in [0.2, 0.25) is 0 Å². The Morgan fingerprint density at radius 1 is 1.12 bits per heavy atom. The van der Waals surface area contributed by atoms with E-state index < -0.39 is 23.7 Å². The largest absolute Gasteiger partial charge is 0.476 e. The van der Waals surface area contributed by atoms with Gasteiger partial charge in [-0.15, -0.1) is 11.3 Å². The summed E-state index contributed by atoms with van der Waals surface area (Å²) in [7, 11) is 5.29. The third kappa shape index (κ3) is 6.73. The van der Waals surface area contributed by atoms with Gasteiger partial charge >= 0.3 is 5.97 Å². The van der Waals surface area contributed by atoms with Gasteiger partial charge in [-0.3, -0.25) is 14.5 Å². The van der Waals surface area contributed by atoms with Crippen LogP contribution in [0, 0.1) is 11.8 Å². The molecule has 32 heavy (non-hydrogen) atoms. The second-order valence-corrected chi connectivity index (χ2v) is 10.4. The highest BCUT2D eigenvalue weighted by Gasteiger charge is 2.37. The van der Waals surface area contributed by atoms with Crippen molar-refractivity contribution in [2.24, 2.45) is 11.8 Å². The van der Waals surface area contributed by atoms with E-state index in [0.717, 1.165) is 11.3 Å². The minimum Gasteiger partial charge on any atom is -0.476 e. The van der Waals surface area contributed by atoms with Crippen LogP contribution < -0.4 is 5.32 Å². The van der Waals surface area contributed by atoms with E-state index in [1.165, 1.54) is 5.38 Å². The van der Waals surface area contributed by atoms with Crippen molar-refractivity contribution >= 4 is 29.1 Å². The summed E-state index contributed by atoms with van der Waals surface area (Å²) >= 11 is 1.08. The summed E-state index contributed by atoms with van der Waals surface area (Å²) < 4.78 is 0. The molecule has 0 radical (unpaired) electrons. The standard InChI is InChI=1S/C22H38N4O5S/c1-12(2)15(10-16(27)18-23-14(11-32-18)20(29)30)26(9)19(28)17(13(3)4)24-21(31)22(5,6)25(7)8/h11-13,15-17,27H,10H2,1-9H3,(H,24,31)(H,29,30)/t15-,16-,17+/m1/s1. The van der Waals surface area contributed by atoms with Crippen LogP contribution in [0.3, 0.4) is 0 Å². The summed E-state index contributed by atoms with van der Waals surface area (Å²) in [6.45, 7) is 11.2. The van der Waals surface area contributed by atoms with Gasteiger partial charge in [-0.1, -0.05) is 27.7 Å². The number of nitrogens with zero attached hydrogens (tertiary/aromatic N) is 3. The topological polar surface area (TPSA) is 123 Å². The van der Waals surface area contributed by atoms with Crippen LogP contribution in [-0.4, -0.2) is 81.5 Å². The fourth-order valence-electron chi connectivity index (χ4n) is 3.16. The number of aliphatic hydroxyl groups excluding tert-OH is 1. The molecule has 0 aliphatic rings. The Hall–Kier alpha value is -2.04. The van der Waals surface area contributed by atoms with Crippen molar-refractivity contribution in [3.8, 4) is 0 Å². The van der Waals surface area contributed by atoms with Crippen LogP contribution in [0.5, 0.6) is 0 Å². The van der Waals surface area contributed by atoms with Gasteiger partial charge in [0.05, 0.1) is 5.54 Å². The molecular formula is C22H38N4O5S. The van der Waals surface area contributed by atoms with Crippen LogP contribution in [0.15, 0.2) is 5.38 Å². The van der Waals surface area contributed by atoms with Crippen molar-refractivity contribution in [2.75, 3.05) is 21.1 Å². The van der Waals surface area contributed by atoms with E-state index in [1.807, 2.05) is 41.8 Å². The predicted molar refractivity (Wildman–Crippen MR) is 125 cm³/mol. The molecule has 3 atom stereocenters. The molecule has 1 heterocycles. The van der Waals surface area contributed by atoms with Gasteiger partial charge in [0, 0.05) is 24.9 Å². The number of likely N-dealkylation sites (N-methyl/N-ethyl adjacent to an activating group) is 2. The molecule has 1 rings (SSSR count). The van der Waals surface area contributed by atoms with E-state index in [9.17, 15) is 19.5 Å². The zero-order valence-electron chi connectivity index (χ0n) is 20.5. The van der Waals surface area contributed by atoms with Crippen LogP contribution in [0.25, 0.3) is 0 Å². The molecule has 0 fully saturated rings. The number of amides is 2. The Bertz CT molecular complexity index is 806. The summed E-state index contributed by atoms with van der Waals surface area (Å²) in [6, 6.07) is -1.06. The Morgan fingerprint density at radius 2 is 1.69 bits per heavy atom. The number of hydrogen-bond donors (Lipinski definition) is 3. The summed E-state index contributed by atoms with van der Waals surface area (Å²) in [4.78, 5) is 44.7. The first-order valence-corrected chi connectivity index (χ1v) is 11.6. The van der Waals surface area contributed by atoms with Gasteiger partial charge in [-0.2, -0.15) is 0 Å². The quantitative estimate of drug-likeness (QED) is 0.453. The molecule has 0 aromatic carbocycles. The lowest BCUT2D eigenvalue weighted by atomic mass is 9.94. The fourth-order valence-corrected chi connectivity index (χ4v) is 3.95. The van der Waals surface area contributed by atoms with Crippen LogP contribution >= 0.6 is 11.3 Å². The second-order valence-electron chi connectivity index (χ2n) is 9.54. The Labute approximate surface area is 194 Å². The molecule has 0 aliphatic carbocycles. The van der Waals surface area contributed by atoms with Gasteiger partial charge in [0.1, 0.15) is 17.2 Å². The highest BCUT2D eigenvalue weighted by Crippen LogP contribution is 2.27. The molecule has 0 unspecified atom stereocenters. The zero-order valence-corrected chi connectivity index (χ0v) is 21.4. The maximum atomic E-state index is 13.4. The van der Waals surface area contributed by atoms with Crippen LogP contribution in [0.4, 0.5) is 0 Å². The molecule has 3 N–H and O–H groups in total. The first-order valence-electron chi connectivity index (χ1n) is 10.7. The third-order valence-electron chi connectivity index (χ3n) is 6.00. The Balaban J connectivity index is 3.05. The molecular weight excluding hydrogens is 432 g/mol. The van der Waals surface area contributed by atoms with Gasteiger partial charge < -0.3 is 20.4 Å². The third-order valence-corrected chi connectivity index (χ3v) is 6.94. The Morgan fingerprint density at radius 3 is 2.09 bits per heavy atom. The number of aromatic nitrogens is 1. The number of carbonyl (C=O) groups is 3. The van der Waals surface area contributed by atoms with Crippen molar-refractivity contribution < 1.29 is 24.6 Å². The molecule has 1 aromatic rings. The maximum absolute atomic E-state index is 13.4. The predicted octanol–water partition coefficient (Wildman–Crippen LogP) is 2.23. The van der Waals surface area contributed by atoms with Gasteiger partial charge in [-0.05, 0) is 39.8 Å². The normalized spacial score (nSPS) is 15.0. The average Bonchev–Trinajstić information content (AvgIpc) is 3.18. The van der Waals surface area contributed by atoms with Crippen molar-refractivity contribution in [3.63, 3.8) is 0 Å². The van der Waals surface area contributed by atoms with Gasteiger partial charge in [0.15, 0.2) is 5.69 Å². The number of hydrogen-bond acceptors (Lipinski definition) is 7. The number of aromatic carboxylic acids is 1. The number of thiazole rings is 1. The molecule has 10 heteroatoms. The highest BCUT2D eigenvalue weighted by molar-refractivity contribution is 7.09. The molecule has 182 valence electrons. The maximum Gasteiger partial charge on any atom is 0.355 e. The lowest BCUT2D eigenvalue weighted by Gasteiger charge is -2.38. The number of rotatable bonds is 11. The number of nitrogens with one attached hydrogen (secondary N) is 1. The van der Waals surface area contributed by atoms with Crippen molar-refractivity contribution in [1.82, 2.24) is 20.1 Å². The lowest BCUT2D eigenvalue weighted by molar-refractivity contribution is -0.142. The van der Waals surface area contributed by atoms with E-state index in [2.05, 4.69) is 10.3 Å². The van der Waals surface area contributed by atoms with E-state index in [-0.39, 0.29) is 41.8 Å². The molecule has 0 aliphatic heterocycles. The Kier molecular flexibility index (Phi) is 9.80. The van der Waals surface area contributed by atoms with E-state index in [0.29, 0.717) is 5.01 Å². The lowest BCUT2D eigenvalue weighted by Crippen LogP contribution is -2.59. The minimum atomic E-state index is -1.15. The second kappa shape index (κ2) is 11.2. The SMILES string of the molecule is CC(C)[C@H](NC(=O)C(C)(C)N(C)C)C(=O)N(C)[C@H](C[C@@H](O)c1nc(C(=O)O)cs1)C(C)C. The summed E-state index contributed by atoms with van der Waals surface area (Å²) in [5, 5.41) is 24.3. The van der Waals surface area contributed by atoms with Crippen molar-refractivity contribution in [2.45, 2.75) is 71.7 Å². The summed E-state index contributed by atoms with van der Waals surface area (Å²) in [5.41, 5.74) is -0.896. The number of carboxylic acid groups (broad SMARTS) is 1. The van der Waals surface area contributed by atoms with E-state index in [4.69, 9.17) is 5.11 Å². The average molecular weight is 471 g/mol. The molecule has 0 bridgehead atoms. The van der Waals surface area contributed by atoms with Gasteiger partial charge in [-0.25, -0.2) is 9.78 Å². The van der Waals surface area contributed by atoms with E-state index >= 15 is 0 Å². The highest BCUT2D eigenvalue weighted by atomic mass is 32.1. The molecule has 0 saturated carbocycles. The molecule has 2 amide bonds. The molecule has 9 nitrogen and oxygen atoms in total. The van der Waals surface area contributed by atoms with E-state index in [1.54, 1.807) is 30.7 Å². The smallest absolute Gasteiger partial charge is 0.355 e. The van der Waals surface area contributed by atoms with Crippen molar-refractivity contribution in [3.05, 3.63) is 16.1 Å². The van der Waals surface area contributed by atoms with Gasteiger partial charge in [0.25, 0.3) is 0 Å². The summed E-state index contributed by atoms with van der Waals surface area (Å²) in [6.07, 6.45) is -0.801. The fraction of sp³-hybridized carbons (Fsp3) is 0.727. The first-order chi connectivity index (χ1) is 14.6. The van der Waals surface area contributed by atoms with Crippen LogP contribution in [0.1, 0.15) is 69.6 Å². The molecule has 1 aromatic heterocycles. The zero-order chi connectivity index (χ0) is 25.0. The van der Waals surface area contributed by atoms with Gasteiger partial charge in [0.2, 0.25) is 11.8 Å². The molecule has 0 spiro atoms. The minimum absolute atomic E-state index is 0.0132. The summed E-state index contributed by atoms with van der Waals surface area (Å²) in [5.74, 6) is -1.75. The number of aliphatic hydroxyl groups is 1. The molecule has 0 saturated heterocycles. The monoisotopic (exact) mass is 470 g/mol.